The van der Waals surface area contributed by atoms with Crippen LogP contribution in [-0.4, -0.2) is 43.3 Å². The Balaban J connectivity index is 2.37. The number of likely N-dealkylation sites (N-methyl/N-ethyl adjacent to an activating group) is 1. The van der Waals surface area contributed by atoms with Crippen molar-refractivity contribution in [3.05, 3.63) is 0 Å². The molecule has 0 saturated carbocycles. The summed E-state index contributed by atoms with van der Waals surface area (Å²) in [5.74, 6) is 0. The molecule has 1 amide bonds. The highest BCUT2D eigenvalue weighted by Gasteiger charge is 2.27. The average Bonchev–Trinajstić information content (AvgIpc) is 1.96. The fourth-order valence-corrected chi connectivity index (χ4v) is 1.24. The molecule has 0 radical (unpaired) electrons. The second-order valence-electron chi connectivity index (χ2n) is 2.80. The molecule has 0 aliphatic carbocycles. The third kappa shape index (κ3) is 1.88. The first kappa shape index (κ1) is 9.32. The van der Waals surface area contributed by atoms with Crippen molar-refractivity contribution in [2.75, 3.05) is 26.2 Å². The van der Waals surface area contributed by atoms with Gasteiger partial charge in [0.1, 0.15) is 0 Å². The number of hydrogen-bond acceptors (Lipinski definition) is 3. The molecule has 0 aromatic carbocycles. The summed E-state index contributed by atoms with van der Waals surface area (Å²) in [7, 11) is 0. The first-order valence-electron chi connectivity index (χ1n) is 4.43. The van der Waals surface area contributed by atoms with Crippen molar-refractivity contribution < 1.29 is 9.53 Å². The zero-order valence-corrected chi connectivity index (χ0v) is 7.67. The van der Waals surface area contributed by atoms with E-state index in [-0.39, 0.29) is 6.09 Å². The molecule has 0 aromatic heterocycles. The third-order valence-corrected chi connectivity index (χ3v) is 2.04. The maximum atomic E-state index is 11.3. The quantitative estimate of drug-likeness (QED) is 0.671. The molecule has 4 nitrogen and oxygen atoms in total. The van der Waals surface area contributed by atoms with Gasteiger partial charge in [-0.05, 0) is 13.8 Å². The average molecular weight is 172 g/mol. The molecule has 1 saturated heterocycles. The molecule has 0 bridgehead atoms. The summed E-state index contributed by atoms with van der Waals surface area (Å²) in [6.45, 7) is 6.76. The molecule has 1 N–H and O–H groups in total. The number of nitrogens with zero attached hydrogens (tertiary/aromatic N) is 1. The molecule has 0 unspecified atom stereocenters. The summed E-state index contributed by atoms with van der Waals surface area (Å²) in [5, 5.41) is 3.12. The van der Waals surface area contributed by atoms with E-state index in [0.717, 1.165) is 19.6 Å². The molecule has 1 heterocycles. The van der Waals surface area contributed by atoms with E-state index in [1.165, 1.54) is 0 Å². The van der Waals surface area contributed by atoms with E-state index in [1.807, 2.05) is 13.8 Å². The van der Waals surface area contributed by atoms with Gasteiger partial charge < -0.3 is 15.0 Å². The first-order chi connectivity index (χ1) is 5.79. The Hall–Kier alpha value is -0.770. The van der Waals surface area contributed by atoms with Gasteiger partial charge in [-0.15, -0.1) is 0 Å². The number of hydrogen-bond donors (Lipinski definition) is 1. The highest BCUT2D eigenvalue weighted by atomic mass is 16.6. The van der Waals surface area contributed by atoms with Gasteiger partial charge in [-0.1, -0.05) is 0 Å². The smallest absolute Gasteiger partial charge is 0.410 e. The predicted molar refractivity (Wildman–Crippen MR) is 46.1 cm³/mol. The maximum absolute atomic E-state index is 11.3. The van der Waals surface area contributed by atoms with Crippen LogP contribution in [0.15, 0.2) is 0 Å². The molecule has 12 heavy (non-hydrogen) atoms. The lowest BCUT2D eigenvalue weighted by molar-refractivity contribution is 0.0799. The zero-order chi connectivity index (χ0) is 8.97. The van der Waals surface area contributed by atoms with Crippen LogP contribution < -0.4 is 5.32 Å². The lowest BCUT2D eigenvalue weighted by Gasteiger charge is -2.36. The number of carbonyl (C=O) groups excluding carboxylic acids is 1. The van der Waals surface area contributed by atoms with Gasteiger partial charge in [-0.25, -0.2) is 4.79 Å². The molecule has 1 aliphatic rings. The van der Waals surface area contributed by atoms with Crippen LogP contribution in [0.4, 0.5) is 4.79 Å². The Kier molecular flexibility index (Phi) is 3.34. The monoisotopic (exact) mass is 172 g/mol. The predicted octanol–water partition coefficient (Wildman–Crippen LogP) is 0.437. The van der Waals surface area contributed by atoms with Crippen LogP contribution in [-0.2, 0) is 4.74 Å². The van der Waals surface area contributed by atoms with Crippen LogP contribution >= 0.6 is 0 Å². The van der Waals surface area contributed by atoms with Gasteiger partial charge in [0.25, 0.3) is 0 Å². The number of ether oxygens (including phenoxy) is 1. The van der Waals surface area contributed by atoms with Crippen LogP contribution in [0.2, 0.25) is 0 Å². The Labute approximate surface area is 72.9 Å². The zero-order valence-electron chi connectivity index (χ0n) is 7.67. The summed E-state index contributed by atoms with van der Waals surface area (Å²) in [5.41, 5.74) is 0. The summed E-state index contributed by atoms with van der Waals surface area (Å²) in [6.07, 6.45) is -0.188. The number of rotatable bonds is 3. The maximum Gasteiger partial charge on any atom is 0.410 e. The normalized spacial score (nSPS) is 16.8. The molecule has 0 aromatic rings. The Bertz CT molecular complexity index is 157. The van der Waals surface area contributed by atoms with Crippen molar-refractivity contribution in [2.24, 2.45) is 0 Å². The fourth-order valence-electron chi connectivity index (χ4n) is 1.24. The molecular weight excluding hydrogens is 156 g/mol. The van der Waals surface area contributed by atoms with Crippen molar-refractivity contribution in [1.82, 2.24) is 10.2 Å². The topological polar surface area (TPSA) is 41.6 Å². The first-order valence-corrected chi connectivity index (χ1v) is 4.43. The minimum absolute atomic E-state index is 0.188. The SMILES string of the molecule is CCOC(=O)N(CC)C1CNC1. The number of amides is 1. The van der Waals surface area contributed by atoms with Crippen molar-refractivity contribution >= 4 is 6.09 Å². The molecule has 1 fully saturated rings. The molecule has 1 rings (SSSR count). The van der Waals surface area contributed by atoms with Gasteiger partial charge >= 0.3 is 6.09 Å². The Morgan fingerprint density at radius 3 is 2.58 bits per heavy atom. The number of carbonyl (C=O) groups is 1. The molecule has 1 aliphatic heterocycles. The van der Waals surface area contributed by atoms with E-state index in [0.29, 0.717) is 12.6 Å². The molecular formula is C8H16N2O2. The van der Waals surface area contributed by atoms with Crippen molar-refractivity contribution in [3.8, 4) is 0 Å². The van der Waals surface area contributed by atoms with Crippen LogP contribution in [0, 0.1) is 0 Å². The van der Waals surface area contributed by atoms with Crippen LogP contribution in [0.3, 0.4) is 0 Å². The second-order valence-corrected chi connectivity index (χ2v) is 2.80. The summed E-state index contributed by atoms with van der Waals surface area (Å²) in [6, 6.07) is 0.342. The lowest BCUT2D eigenvalue weighted by atomic mass is 10.1. The fraction of sp³-hybridized carbons (Fsp3) is 0.875. The van der Waals surface area contributed by atoms with Crippen molar-refractivity contribution in [2.45, 2.75) is 19.9 Å². The van der Waals surface area contributed by atoms with Gasteiger partial charge in [0.05, 0.1) is 12.6 Å². The summed E-state index contributed by atoms with van der Waals surface area (Å²) < 4.78 is 4.91. The standard InChI is InChI=1S/C8H16N2O2/c1-3-10(7-5-9-6-7)8(11)12-4-2/h7,9H,3-6H2,1-2H3. The minimum Gasteiger partial charge on any atom is -0.450 e. The molecule has 0 atom stereocenters. The van der Waals surface area contributed by atoms with Crippen LogP contribution in [0.1, 0.15) is 13.8 Å². The van der Waals surface area contributed by atoms with Gasteiger partial charge in [-0.2, -0.15) is 0 Å². The minimum atomic E-state index is -0.188. The van der Waals surface area contributed by atoms with E-state index in [2.05, 4.69) is 5.32 Å². The van der Waals surface area contributed by atoms with Gasteiger partial charge in [-0.3, -0.25) is 0 Å². The van der Waals surface area contributed by atoms with E-state index < -0.39 is 0 Å². The van der Waals surface area contributed by atoms with E-state index >= 15 is 0 Å². The van der Waals surface area contributed by atoms with Gasteiger partial charge in [0.2, 0.25) is 0 Å². The Morgan fingerprint density at radius 2 is 2.25 bits per heavy atom. The lowest BCUT2D eigenvalue weighted by Crippen LogP contribution is -2.58. The summed E-state index contributed by atoms with van der Waals surface area (Å²) in [4.78, 5) is 13.0. The number of nitrogens with one attached hydrogen (secondary N) is 1. The second kappa shape index (κ2) is 4.30. The van der Waals surface area contributed by atoms with Gasteiger partial charge in [0, 0.05) is 19.6 Å². The largest absolute Gasteiger partial charge is 0.450 e. The van der Waals surface area contributed by atoms with E-state index in [9.17, 15) is 4.79 Å². The highest BCUT2D eigenvalue weighted by Crippen LogP contribution is 2.06. The van der Waals surface area contributed by atoms with Crippen LogP contribution in [0.5, 0.6) is 0 Å². The molecule has 70 valence electrons. The third-order valence-electron chi connectivity index (χ3n) is 2.04. The van der Waals surface area contributed by atoms with Crippen molar-refractivity contribution in [1.29, 1.82) is 0 Å². The van der Waals surface area contributed by atoms with Crippen molar-refractivity contribution in [3.63, 3.8) is 0 Å². The Morgan fingerprint density at radius 1 is 1.58 bits per heavy atom. The van der Waals surface area contributed by atoms with Gasteiger partial charge in [0.15, 0.2) is 0 Å². The molecule has 4 heteroatoms. The summed E-state index contributed by atoms with van der Waals surface area (Å²) >= 11 is 0. The van der Waals surface area contributed by atoms with Crippen LogP contribution in [0.25, 0.3) is 0 Å². The van der Waals surface area contributed by atoms with E-state index in [4.69, 9.17) is 4.74 Å². The highest BCUT2D eigenvalue weighted by molar-refractivity contribution is 5.68. The van der Waals surface area contributed by atoms with E-state index in [1.54, 1.807) is 4.90 Å². The molecule has 0 spiro atoms.